The average molecular weight is 245 g/mol. The Labute approximate surface area is 110 Å². The highest BCUT2D eigenvalue weighted by Crippen LogP contribution is 2.37. The number of hydrogen-bond donors (Lipinski definition) is 1. The van der Waals surface area contributed by atoms with E-state index in [1.165, 1.54) is 37.7 Å². The molecule has 1 aliphatic heterocycles. The van der Waals surface area contributed by atoms with E-state index in [0.29, 0.717) is 12.0 Å². The van der Waals surface area contributed by atoms with Crippen molar-refractivity contribution >= 4 is 0 Å². The van der Waals surface area contributed by atoms with E-state index in [2.05, 4.69) is 18.2 Å². The molecule has 2 N–H and O–H groups in total. The van der Waals surface area contributed by atoms with Crippen LogP contribution < -0.4 is 10.5 Å². The molecule has 3 rings (SSSR count). The largest absolute Gasteiger partial charge is 0.493 e. The van der Waals surface area contributed by atoms with Crippen LogP contribution in [0.25, 0.3) is 0 Å². The van der Waals surface area contributed by atoms with E-state index in [1.54, 1.807) is 0 Å². The summed E-state index contributed by atoms with van der Waals surface area (Å²) in [6, 6.07) is 8.84. The molecule has 1 aromatic carbocycles. The van der Waals surface area contributed by atoms with Crippen LogP contribution in [0, 0.1) is 5.92 Å². The lowest BCUT2D eigenvalue weighted by Gasteiger charge is -2.20. The van der Waals surface area contributed by atoms with Crippen molar-refractivity contribution < 1.29 is 4.74 Å². The Hall–Kier alpha value is -1.02. The first-order valence-electron chi connectivity index (χ1n) is 7.32. The summed E-state index contributed by atoms with van der Waals surface area (Å²) in [5.41, 5.74) is 7.72. The molecule has 2 unspecified atom stereocenters. The normalized spacial score (nSPS) is 24.8. The first-order chi connectivity index (χ1) is 8.84. The van der Waals surface area contributed by atoms with Gasteiger partial charge in [-0.1, -0.05) is 31.0 Å². The second-order valence-electron chi connectivity index (χ2n) is 5.83. The molecule has 2 heteroatoms. The second-order valence-corrected chi connectivity index (χ2v) is 5.83. The average Bonchev–Trinajstić information content (AvgIpc) is 3.06. The third-order valence-electron chi connectivity index (χ3n) is 4.65. The summed E-state index contributed by atoms with van der Waals surface area (Å²) in [5, 5.41) is 0. The van der Waals surface area contributed by atoms with E-state index in [9.17, 15) is 0 Å². The zero-order valence-electron chi connectivity index (χ0n) is 11.0. The van der Waals surface area contributed by atoms with Gasteiger partial charge >= 0.3 is 0 Å². The van der Waals surface area contributed by atoms with Crippen molar-refractivity contribution in [3.05, 3.63) is 29.8 Å². The SMILES string of the molecule is NC(CCC1COc2ccccc21)C1CCCC1. The van der Waals surface area contributed by atoms with Crippen LogP contribution in [0.3, 0.4) is 0 Å². The van der Waals surface area contributed by atoms with Gasteiger partial charge in [-0.05, 0) is 37.7 Å². The molecule has 1 heterocycles. The Morgan fingerprint density at radius 1 is 1.22 bits per heavy atom. The minimum absolute atomic E-state index is 0.403. The van der Waals surface area contributed by atoms with Crippen LogP contribution in [0.2, 0.25) is 0 Å². The predicted octanol–water partition coefficient (Wildman–Crippen LogP) is 3.46. The van der Waals surface area contributed by atoms with E-state index in [4.69, 9.17) is 10.5 Å². The van der Waals surface area contributed by atoms with Crippen LogP contribution in [0.15, 0.2) is 24.3 Å². The van der Waals surface area contributed by atoms with Crippen molar-refractivity contribution in [3.63, 3.8) is 0 Å². The van der Waals surface area contributed by atoms with Gasteiger partial charge in [0.25, 0.3) is 0 Å². The molecule has 1 saturated carbocycles. The first-order valence-corrected chi connectivity index (χ1v) is 7.32. The lowest BCUT2D eigenvalue weighted by Crippen LogP contribution is -2.28. The van der Waals surface area contributed by atoms with Crippen molar-refractivity contribution in [1.29, 1.82) is 0 Å². The number of para-hydroxylation sites is 1. The molecule has 2 aliphatic rings. The van der Waals surface area contributed by atoms with Crippen molar-refractivity contribution in [2.24, 2.45) is 11.7 Å². The molecule has 0 radical (unpaired) electrons. The molecule has 0 saturated heterocycles. The number of benzene rings is 1. The second kappa shape index (κ2) is 5.31. The Bertz CT molecular complexity index is 398. The Morgan fingerprint density at radius 2 is 2.00 bits per heavy atom. The summed E-state index contributed by atoms with van der Waals surface area (Å²) < 4.78 is 5.73. The molecule has 1 aliphatic carbocycles. The van der Waals surface area contributed by atoms with Gasteiger partial charge in [-0.3, -0.25) is 0 Å². The molecule has 1 fully saturated rings. The summed E-state index contributed by atoms with van der Waals surface area (Å²) in [6.45, 7) is 0.844. The topological polar surface area (TPSA) is 35.2 Å². The zero-order chi connectivity index (χ0) is 12.4. The van der Waals surface area contributed by atoms with Gasteiger partial charge in [-0.2, -0.15) is 0 Å². The van der Waals surface area contributed by atoms with Gasteiger partial charge < -0.3 is 10.5 Å². The van der Waals surface area contributed by atoms with E-state index in [0.717, 1.165) is 24.7 Å². The van der Waals surface area contributed by atoms with Crippen LogP contribution in [0.1, 0.15) is 50.0 Å². The number of fused-ring (bicyclic) bond motifs is 1. The molecule has 2 nitrogen and oxygen atoms in total. The molecular formula is C16H23NO. The van der Waals surface area contributed by atoms with Crippen molar-refractivity contribution in [1.82, 2.24) is 0 Å². The predicted molar refractivity (Wildman–Crippen MR) is 73.8 cm³/mol. The number of nitrogens with two attached hydrogens (primary N) is 1. The van der Waals surface area contributed by atoms with Gasteiger partial charge in [0.2, 0.25) is 0 Å². The van der Waals surface area contributed by atoms with Gasteiger partial charge in [0.05, 0.1) is 6.61 Å². The minimum Gasteiger partial charge on any atom is -0.493 e. The Balaban J connectivity index is 1.55. The van der Waals surface area contributed by atoms with Crippen LogP contribution in [-0.2, 0) is 0 Å². The maximum Gasteiger partial charge on any atom is 0.122 e. The molecule has 0 spiro atoms. The molecule has 98 valence electrons. The highest BCUT2D eigenvalue weighted by molar-refractivity contribution is 5.39. The number of ether oxygens (including phenoxy) is 1. The molecule has 18 heavy (non-hydrogen) atoms. The van der Waals surface area contributed by atoms with Gasteiger partial charge in [-0.15, -0.1) is 0 Å². The van der Waals surface area contributed by atoms with E-state index in [1.807, 2.05) is 6.07 Å². The summed E-state index contributed by atoms with van der Waals surface area (Å²) in [4.78, 5) is 0. The van der Waals surface area contributed by atoms with E-state index < -0.39 is 0 Å². The standard InChI is InChI=1S/C16H23NO/c17-15(12-5-1-2-6-12)10-9-13-11-18-16-8-4-3-7-14(13)16/h3-4,7-8,12-13,15H,1-2,5-6,9-11,17H2. The van der Waals surface area contributed by atoms with E-state index in [-0.39, 0.29) is 0 Å². The summed E-state index contributed by atoms with van der Waals surface area (Å²) in [7, 11) is 0. The fourth-order valence-electron chi connectivity index (χ4n) is 3.48. The van der Waals surface area contributed by atoms with Gasteiger partial charge in [-0.25, -0.2) is 0 Å². The summed E-state index contributed by atoms with van der Waals surface area (Å²) in [5.74, 6) is 2.42. The number of rotatable bonds is 4. The van der Waals surface area contributed by atoms with Gasteiger partial charge in [0.15, 0.2) is 0 Å². The molecule has 1 aromatic rings. The monoisotopic (exact) mass is 245 g/mol. The van der Waals surface area contributed by atoms with Gasteiger partial charge in [0.1, 0.15) is 5.75 Å². The first kappa shape index (κ1) is 12.0. The van der Waals surface area contributed by atoms with Gasteiger partial charge in [0, 0.05) is 17.5 Å². The quantitative estimate of drug-likeness (QED) is 0.881. The molecule has 0 bridgehead atoms. The fraction of sp³-hybridized carbons (Fsp3) is 0.625. The highest BCUT2D eigenvalue weighted by atomic mass is 16.5. The summed E-state index contributed by atoms with van der Waals surface area (Å²) >= 11 is 0. The van der Waals surface area contributed by atoms with Crippen LogP contribution in [0.5, 0.6) is 5.75 Å². The zero-order valence-corrected chi connectivity index (χ0v) is 11.0. The molecular weight excluding hydrogens is 222 g/mol. The third kappa shape index (κ3) is 2.39. The van der Waals surface area contributed by atoms with E-state index >= 15 is 0 Å². The fourth-order valence-corrected chi connectivity index (χ4v) is 3.48. The molecule has 2 atom stereocenters. The van der Waals surface area contributed by atoms with Crippen molar-refractivity contribution in [2.75, 3.05) is 6.61 Å². The summed E-state index contributed by atoms with van der Waals surface area (Å²) in [6.07, 6.45) is 7.78. The Kier molecular flexibility index (Phi) is 3.55. The molecule has 0 amide bonds. The number of hydrogen-bond acceptors (Lipinski definition) is 2. The lowest BCUT2D eigenvalue weighted by atomic mass is 9.89. The van der Waals surface area contributed by atoms with Crippen LogP contribution in [0.4, 0.5) is 0 Å². The third-order valence-corrected chi connectivity index (χ3v) is 4.65. The maximum absolute atomic E-state index is 6.34. The van der Waals surface area contributed by atoms with Crippen LogP contribution >= 0.6 is 0 Å². The lowest BCUT2D eigenvalue weighted by molar-refractivity contribution is 0.311. The minimum atomic E-state index is 0.403. The van der Waals surface area contributed by atoms with Crippen molar-refractivity contribution in [3.8, 4) is 5.75 Å². The molecule has 0 aromatic heterocycles. The smallest absolute Gasteiger partial charge is 0.122 e. The van der Waals surface area contributed by atoms with Crippen LogP contribution in [-0.4, -0.2) is 12.6 Å². The highest BCUT2D eigenvalue weighted by Gasteiger charge is 2.26. The maximum atomic E-state index is 6.34. The Morgan fingerprint density at radius 3 is 2.83 bits per heavy atom. The van der Waals surface area contributed by atoms with Crippen molar-refractivity contribution in [2.45, 2.75) is 50.5 Å².